The fourth-order valence-corrected chi connectivity index (χ4v) is 1.21. The zero-order valence-corrected chi connectivity index (χ0v) is 7.95. The van der Waals surface area contributed by atoms with Crippen LogP contribution in [-0.2, 0) is 0 Å². The Balaban J connectivity index is 2.98. The molecule has 0 heterocycles. The van der Waals surface area contributed by atoms with Crippen LogP contribution in [0, 0.1) is 0 Å². The van der Waals surface area contributed by atoms with E-state index in [0.29, 0.717) is 11.5 Å². The maximum atomic E-state index is 10.7. The average molecular weight is 178 g/mol. The van der Waals surface area contributed by atoms with Crippen molar-refractivity contribution in [2.45, 2.75) is 26.2 Å². The Morgan fingerprint density at radius 3 is 2.77 bits per heavy atom. The second-order valence-electron chi connectivity index (χ2n) is 3.24. The Labute approximate surface area is 78.2 Å². The average Bonchev–Trinajstić information content (AvgIpc) is 2.17. The molecule has 1 atom stereocenters. The molecule has 0 aliphatic heterocycles. The lowest BCUT2D eigenvalue weighted by Gasteiger charge is -2.08. The fourth-order valence-electron chi connectivity index (χ4n) is 1.21. The van der Waals surface area contributed by atoms with Crippen LogP contribution in [0.25, 0.3) is 0 Å². The highest BCUT2D eigenvalue weighted by Gasteiger charge is 2.06. The van der Waals surface area contributed by atoms with Gasteiger partial charge in [-0.25, -0.2) is 4.79 Å². The molecule has 0 amide bonds. The monoisotopic (exact) mass is 178 g/mol. The van der Waals surface area contributed by atoms with Crippen molar-refractivity contribution in [3.63, 3.8) is 0 Å². The lowest BCUT2D eigenvalue weighted by atomic mass is 9.97. The molecule has 0 aliphatic carbocycles. The van der Waals surface area contributed by atoms with Crippen molar-refractivity contribution in [2.24, 2.45) is 0 Å². The van der Waals surface area contributed by atoms with Gasteiger partial charge in [0.05, 0.1) is 5.56 Å². The molecule has 13 heavy (non-hydrogen) atoms. The highest BCUT2D eigenvalue weighted by atomic mass is 16.4. The summed E-state index contributed by atoms with van der Waals surface area (Å²) in [5.74, 6) is -0.426. The number of aromatic carboxylic acids is 1. The van der Waals surface area contributed by atoms with E-state index in [-0.39, 0.29) is 0 Å². The lowest BCUT2D eigenvalue weighted by molar-refractivity contribution is 0.0697. The lowest BCUT2D eigenvalue weighted by Crippen LogP contribution is -1.98. The Morgan fingerprint density at radius 2 is 2.23 bits per heavy atom. The van der Waals surface area contributed by atoms with Crippen LogP contribution < -0.4 is 0 Å². The van der Waals surface area contributed by atoms with E-state index in [4.69, 9.17) is 5.11 Å². The molecule has 0 aliphatic rings. The number of carboxylic acids is 1. The fraction of sp³-hybridized carbons (Fsp3) is 0.364. The number of hydrogen-bond donors (Lipinski definition) is 1. The van der Waals surface area contributed by atoms with E-state index in [9.17, 15) is 4.79 Å². The summed E-state index contributed by atoms with van der Waals surface area (Å²) in [6, 6.07) is 7.14. The molecule has 1 rings (SSSR count). The maximum Gasteiger partial charge on any atom is 0.335 e. The van der Waals surface area contributed by atoms with Gasteiger partial charge in [0.2, 0.25) is 0 Å². The van der Waals surface area contributed by atoms with Gasteiger partial charge >= 0.3 is 5.97 Å². The highest BCUT2D eigenvalue weighted by molar-refractivity contribution is 5.87. The molecule has 2 heteroatoms. The van der Waals surface area contributed by atoms with Crippen molar-refractivity contribution in [3.8, 4) is 0 Å². The van der Waals surface area contributed by atoms with Crippen molar-refractivity contribution in [2.75, 3.05) is 0 Å². The van der Waals surface area contributed by atoms with Gasteiger partial charge in [-0.2, -0.15) is 0 Å². The first-order chi connectivity index (χ1) is 6.15. The van der Waals surface area contributed by atoms with E-state index in [2.05, 4.69) is 13.8 Å². The van der Waals surface area contributed by atoms with E-state index < -0.39 is 5.97 Å². The number of benzene rings is 1. The summed E-state index contributed by atoms with van der Waals surface area (Å²) in [5.41, 5.74) is 1.47. The van der Waals surface area contributed by atoms with Crippen LogP contribution >= 0.6 is 0 Å². The van der Waals surface area contributed by atoms with E-state index in [1.165, 1.54) is 0 Å². The second kappa shape index (κ2) is 4.08. The summed E-state index contributed by atoms with van der Waals surface area (Å²) in [5, 5.41) is 8.76. The van der Waals surface area contributed by atoms with Gasteiger partial charge in [-0.1, -0.05) is 26.0 Å². The molecule has 0 spiro atoms. The van der Waals surface area contributed by atoms with Gasteiger partial charge in [0.15, 0.2) is 0 Å². The highest BCUT2D eigenvalue weighted by Crippen LogP contribution is 2.19. The largest absolute Gasteiger partial charge is 0.478 e. The third kappa shape index (κ3) is 2.31. The summed E-state index contributed by atoms with van der Waals surface area (Å²) in [7, 11) is 0. The molecule has 2 nitrogen and oxygen atoms in total. The van der Waals surface area contributed by atoms with Crippen molar-refractivity contribution in [3.05, 3.63) is 35.4 Å². The Kier molecular flexibility index (Phi) is 3.07. The topological polar surface area (TPSA) is 37.3 Å². The zero-order chi connectivity index (χ0) is 9.84. The molecular weight excluding hydrogens is 164 g/mol. The normalized spacial score (nSPS) is 12.5. The summed E-state index contributed by atoms with van der Waals surface area (Å²) < 4.78 is 0. The van der Waals surface area contributed by atoms with Crippen molar-refractivity contribution in [1.82, 2.24) is 0 Å². The minimum atomic E-state index is -0.856. The van der Waals surface area contributed by atoms with E-state index in [1.54, 1.807) is 18.2 Å². The Hall–Kier alpha value is -1.31. The molecule has 0 unspecified atom stereocenters. The van der Waals surface area contributed by atoms with Crippen LogP contribution in [-0.4, -0.2) is 11.1 Å². The molecule has 1 aromatic rings. The molecule has 0 bridgehead atoms. The SMILES string of the molecule is CC[C@@H](C)c1cccc(C(=O)O)c1. The minimum Gasteiger partial charge on any atom is -0.478 e. The van der Waals surface area contributed by atoms with Gasteiger partial charge in [-0.05, 0) is 30.0 Å². The van der Waals surface area contributed by atoms with Crippen LogP contribution in [0.4, 0.5) is 0 Å². The van der Waals surface area contributed by atoms with Gasteiger partial charge in [0.1, 0.15) is 0 Å². The van der Waals surface area contributed by atoms with E-state index >= 15 is 0 Å². The molecular formula is C11H14O2. The summed E-state index contributed by atoms with van der Waals surface area (Å²) in [4.78, 5) is 10.7. The van der Waals surface area contributed by atoms with Crippen molar-refractivity contribution >= 4 is 5.97 Å². The molecule has 1 N–H and O–H groups in total. The third-order valence-electron chi connectivity index (χ3n) is 2.31. The van der Waals surface area contributed by atoms with Gasteiger partial charge < -0.3 is 5.11 Å². The predicted octanol–water partition coefficient (Wildman–Crippen LogP) is 2.90. The van der Waals surface area contributed by atoms with Crippen LogP contribution in [0.1, 0.15) is 42.1 Å². The number of rotatable bonds is 3. The molecule has 0 saturated heterocycles. The zero-order valence-electron chi connectivity index (χ0n) is 7.95. The van der Waals surface area contributed by atoms with Gasteiger partial charge in [0.25, 0.3) is 0 Å². The Morgan fingerprint density at radius 1 is 1.54 bits per heavy atom. The standard InChI is InChI=1S/C11H14O2/c1-3-8(2)9-5-4-6-10(7-9)11(12)13/h4-8H,3H2,1-2H3,(H,12,13)/t8-/m1/s1. The van der Waals surface area contributed by atoms with Crippen LogP contribution in [0.2, 0.25) is 0 Å². The molecule has 0 fully saturated rings. The number of carbonyl (C=O) groups is 1. The van der Waals surface area contributed by atoms with Crippen molar-refractivity contribution < 1.29 is 9.90 Å². The van der Waals surface area contributed by atoms with Crippen LogP contribution in [0.3, 0.4) is 0 Å². The molecule has 0 saturated carbocycles. The van der Waals surface area contributed by atoms with Crippen LogP contribution in [0.15, 0.2) is 24.3 Å². The quantitative estimate of drug-likeness (QED) is 0.772. The smallest absolute Gasteiger partial charge is 0.335 e. The molecule has 0 aromatic heterocycles. The van der Waals surface area contributed by atoms with Gasteiger partial charge in [-0.3, -0.25) is 0 Å². The van der Waals surface area contributed by atoms with E-state index in [1.807, 2.05) is 6.07 Å². The third-order valence-corrected chi connectivity index (χ3v) is 2.31. The van der Waals surface area contributed by atoms with Crippen molar-refractivity contribution in [1.29, 1.82) is 0 Å². The minimum absolute atomic E-state index is 0.373. The molecule has 1 aromatic carbocycles. The Bertz CT molecular complexity index is 305. The molecule has 0 radical (unpaired) electrons. The number of carboxylic acid groups (broad SMARTS) is 1. The maximum absolute atomic E-state index is 10.7. The first-order valence-electron chi connectivity index (χ1n) is 4.48. The first kappa shape index (κ1) is 9.78. The first-order valence-corrected chi connectivity index (χ1v) is 4.48. The second-order valence-corrected chi connectivity index (χ2v) is 3.24. The van der Waals surface area contributed by atoms with Gasteiger partial charge in [0, 0.05) is 0 Å². The summed E-state index contributed by atoms with van der Waals surface area (Å²) in [6.45, 7) is 4.19. The number of hydrogen-bond acceptors (Lipinski definition) is 1. The van der Waals surface area contributed by atoms with Crippen LogP contribution in [0.5, 0.6) is 0 Å². The van der Waals surface area contributed by atoms with Gasteiger partial charge in [-0.15, -0.1) is 0 Å². The van der Waals surface area contributed by atoms with E-state index in [0.717, 1.165) is 12.0 Å². The summed E-state index contributed by atoms with van der Waals surface area (Å²) >= 11 is 0. The molecule has 70 valence electrons. The predicted molar refractivity (Wildman–Crippen MR) is 52.1 cm³/mol. The summed E-state index contributed by atoms with van der Waals surface area (Å²) in [6.07, 6.45) is 1.03.